The molecular formula is C18H24N4O2. The van der Waals surface area contributed by atoms with Gasteiger partial charge in [-0.25, -0.2) is 0 Å². The molecule has 0 saturated carbocycles. The smallest absolute Gasteiger partial charge is 0.135 e. The summed E-state index contributed by atoms with van der Waals surface area (Å²) in [4.78, 5) is 2.34. The van der Waals surface area contributed by atoms with Gasteiger partial charge in [-0.05, 0) is 36.6 Å². The molecule has 0 amide bonds. The molecule has 1 saturated heterocycles. The van der Waals surface area contributed by atoms with Crippen LogP contribution in [0.4, 0.5) is 0 Å². The highest BCUT2D eigenvalue weighted by Gasteiger charge is 2.34. The van der Waals surface area contributed by atoms with E-state index in [1.165, 1.54) is 11.1 Å². The molecule has 6 heteroatoms. The van der Waals surface area contributed by atoms with Crippen LogP contribution in [0.25, 0.3) is 0 Å². The fourth-order valence-electron chi connectivity index (χ4n) is 3.84. The zero-order chi connectivity index (χ0) is 16.6. The van der Waals surface area contributed by atoms with Crippen LogP contribution in [0, 0.1) is 0 Å². The standard InChI is InChI=1S/C18H24N4O2/c1-21-13-19-20-17(21)10-18(23)6-2-7-22(12-18)11-14-3-4-16-15(9-14)5-8-24-16/h3-4,9,13,23H,2,5-8,10-12H2,1H3. The van der Waals surface area contributed by atoms with Crippen LogP contribution >= 0.6 is 0 Å². The molecule has 1 atom stereocenters. The lowest BCUT2D eigenvalue weighted by atomic mass is 9.89. The van der Waals surface area contributed by atoms with E-state index in [0.29, 0.717) is 13.0 Å². The predicted molar refractivity (Wildman–Crippen MR) is 89.8 cm³/mol. The van der Waals surface area contributed by atoms with Gasteiger partial charge in [0.2, 0.25) is 0 Å². The molecule has 2 aliphatic heterocycles. The molecule has 128 valence electrons. The van der Waals surface area contributed by atoms with E-state index in [1.807, 2.05) is 11.6 Å². The van der Waals surface area contributed by atoms with Crippen molar-refractivity contribution in [2.45, 2.75) is 37.8 Å². The Morgan fingerprint density at radius 1 is 1.38 bits per heavy atom. The molecule has 1 N–H and O–H groups in total. The van der Waals surface area contributed by atoms with Crippen LogP contribution in [-0.4, -0.2) is 50.1 Å². The van der Waals surface area contributed by atoms with Crippen LogP contribution in [0.3, 0.4) is 0 Å². The van der Waals surface area contributed by atoms with E-state index in [1.54, 1.807) is 6.33 Å². The lowest BCUT2D eigenvalue weighted by Gasteiger charge is -2.39. The maximum absolute atomic E-state index is 11.0. The second kappa shape index (κ2) is 6.18. The quantitative estimate of drug-likeness (QED) is 0.917. The summed E-state index contributed by atoms with van der Waals surface area (Å²) in [6.45, 7) is 3.36. The summed E-state index contributed by atoms with van der Waals surface area (Å²) in [6, 6.07) is 6.46. The number of aliphatic hydroxyl groups is 1. The van der Waals surface area contributed by atoms with E-state index in [2.05, 4.69) is 33.3 Å². The van der Waals surface area contributed by atoms with Gasteiger partial charge < -0.3 is 14.4 Å². The first-order chi connectivity index (χ1) is 11.6. The molecule has 0 aliphatic carbocycles. The normalized spacial score (nSPS) is 23.9. The lowest BCUT2D eigenvalue weighted by Crippen LogP contribution is -2.49. The third-order valence-corrected chi connectivity index (χ3v) is 5.09. The highest BCUT2D eigenvalue weighted by Crippen LogP contribution is 2.29. The zero-order valence-electron chi connectivity index (χ0n) is 14.1. The summed E-state index contributed by atoms with van der Waals surface area (Å²) in [5, 5.41) is 19.1. The van der Waals surface area contributed by atoms with Crippen molar-refractivity contribution in [2.75, 3.05) is 19.7 Å². The van der Waals surface area contributed by atoms with Gasteiger partial charge in [0.1, 0.15) is 17.9 Å². The number of likely N-dealkylation sites (tertiary alicyclic amines) is 1. The van der Waals surface area contributed by atoms with Crippen LogP contribution in [0.1, 0.15) is 29.8 Å². The first-order valence-corrected chi connectivity index (χ1v) is 8.64. The van der Waals surface area contributed by atoms with Gasteiger partial charge in [0.15, 0.2) is 0 Å². The topological polar surface area (TPSA) is 63.4 Å². The molecule has 6 nitrogen and oxygen atoms in total. The molecule has 0 radical (unpaired) electrons. The molecule has 1 unspecified atom stereocenters. The maximum atomic E-state index is 11.0. The van der Waals surface area contributed by atoms with Crippen molar-refractivity contribution in [3.05, 3.63) is 41.5 Å². The number of hydrogen-bond donors (Lipinski definition) is 1. The predicted octanol–water partition coefficient (Wildman–Crippen LogP) is 1.32. The first-order valence-electron chi connectivity index (χ1n) is 8.64. The summed E-state index contributed by atoms with van der Waals surface area (Å²) < 4.78 is 7.46. The second-order valence-electron chi connectivity index (χ2n) is 7.11. The number of nitrogens with zero attached hydrogens (tertiary/aromatic N) is 4. The van der Waals surface area contributed by atoms with Gasteiger partial charge >= 0.3 is 0 Å². The molecule has 1 fully saturated rings. The number of β-amino-alcohol motifs (C(OH)–C–C–N with tert-alkyl or cyclic N) is 1. The molecule has 3 heterocycles. The molecule has 1 aromatic carbocycles. The van der Waals surface area contributed by atoms with Gasteiger partial charge in [0.05, 0.1) is 12.2 Å². The summed E-state index contributed by atoms with van der Waals surface area (Å²) in [6.07, 6.45) is 5.06. The van der Waals surface area contributed by atoms with Gasteiger partial charge in [-0.3, -0.25) is 4.90 Å². The number of benzene rings is 1. The fraction of sp³-hybridized carbons (Fsp3) is 0.556. The van der Waals surface area contributed by atoms with Crippen LogP contribution < -0.4 is 4.74 Å². The number of aromatic nitrogens is 3. The minimum Gasteiger partial charge on any atom is -0.493 e. The van der Waals surface area contributed by atoms with Gasteiger partial charge in [0.25, 0.3) is 0 Å². The van der Waals surface area contributed by atoms with Crippen molar-refractivity contribution in [3.8, 4) is 5.75 Å². The van der Waals surface area contributed by atoms with Crippen molar-refractivity contribution < 1.29 is 9.84 Å². The van der Waals surface area contributed by atoms with Crippen molar-refractivity contribution in [1.29, 1.82) is 0 Å². The van der Waals surface area contributed by atoms with Crippen molar-refractivity contribution >= 4 is 0 Å². The molecule has 2 aliphatic rings. The molecule has 24 heavy (non-hydrogen) atoms. The van der Waals surface area contributed by atoms with E-state index in [0.717, 1.165) is 50.5 Å². The SMILES string of the molecule is Cn1cnnc1CC1(O)CCCN(Cc2ccc3c(c2)CCO3)C1. The van der Waals surface area contributed by atoms with Crippen LogP contribution in [0.15, 0.2) is 24.5 Å². The molecule has 4 rings (SSSR count). The van der Waals surface area contributed by atoms with E-state index in [4.69, 9.17) is 4.74 Å². The Bertz CT molecular complexity index is 730. The highest BCUT2D eigenvalue weighted by atomic mass is 16.5. The largest absolute Gasteiger partial charge is 0.493 e. The third kappa shape index (κ3) is 3.16. The second-order valence-corrected chi connectivity index (χ2v) is 7.11. The highest BCUT2D eigenvalue weighted by molar-refractivity contribution is 5.39. The Morgan fingerprint density at radius 3 is 3.12 bits per heavy atom. The Kier molecular flexibility index (Phi) is 4.02. The van der Waals surface area contributed by atoms with E-state index >= 15 is 0 Å². The summed E-state index contributed by atoms with van der Waals surface area (Å²) >= 11 is 0. The van der Waals surface area contributed by atoms with Gasteiger partial charge in [-0.2, -0.15) is 0 Å². The maximum Gasteiger partial charge on any atom is 0.135 e. The molecule has 0 spiro atoms. The number of ether oxygens (including phenoxy) is 1. The Balaban J connectivity index is 1.44. The minimum atomic E-state index is -0.723. The Labute approximate surface area is 142 Å². The fourth-order valence-corrected chi connectivity index (χ4v) is 3.84. The van der Waals surface area contributed by atoms with Crippen molar-refractivity contribution in [3.63, 3.8) is 0 Å². The molecular weight excluding hydrogens is 304 g/mol. The number of fused-ring (bicyclic) bond motifs is 1. The van der Waals surface area contributed by atoms with Crippen molar-refractivity contribution in [2.24, 2.45) is 7.05 Å². The zero-order valence-corrected chi connectivity index (χ0v) is 14.1. The third-order valence-electron chi connectivity index (χ3n) is 5.09. The van der Waals surface area contributed by atoms with Gasteiger partial charge in [-0.15, -0.1) is 10.2 Å². The van der Waals surface area contributed by atoms with Gasteiger partial charge in [-0.1, -0.05) is 12.1 Å². The minimum absolute atomic E-state index is 0.554. The Morgan fingerprint density at radius 2 is 2.29 bits per heavy atom. The number of rotatable bonds is 4. The monoisotopic (exact) mass is 328 g/mol. The summed E-state index contributed by atoms with van der Waals surface area (Å²) in [7, 11) is 1.92. The average molecular weight is 328 g/mol. The van der Waals surface area contributed by atoms with Crippen LogP contribution in [0.2, 0.25) is 0 Å². The summed E-state index contributed by atoms with van der Waals surface area (Å²) in [5.41, 5.74) is 1.87. The molecule has 0 bridgehead atoms. The molecule has 2 aromatic rings. The van der Waals surface area contributed by atoms with E-state index in [9.17, 15) is 5.11 Å². The number of piperidine rings is 1. The van der Waals surface area contributed by atoms with E-state index in [-0.39, 0.29) is 0 Å². The van der Waals surface area contributed by atoms with Crippen LogP contribution in [-0.2, 0) is 26.4 Å². The Hall–Kier alpha value is -1.92. The first kappa shape index (κ1) is 15.6. The average Bonchev–Trinajstić information content (AvgIpc) is 3.16. The number of aryl methyl sites for hydroxylation is 1. The molecule has 1 aromatic heterocycles. The van der Waals surface area contributed by atoms with Gasteiger partial charge in [0, 0.05) is 33.0 Å². The van der Waals surface area contributed by atoms with E-state index < -0.39 is 5.60 Å². The van der Waals surface area contributed by atoms with Crippen molar-refractivity contribution in [1.82, 2.24) is 19.7 Å². The summed E-state index contributed by atoms with van der Waals surface area (Å²) in [5.74, 6) is 1.87. The lowest BCUT2D eigenvalue weighted by molar-refractivity contribution is -0.0344. The number of hydrogen-bond acceptors (Lipinski definition) is 5. The van der Waals surface area contributed by atoms with Crippen LogP contribution in [0.5, 0.6) is 5.75 Å².